The molecule has 0 saturated carbocycles. The fourth-order valence-corrected chi connectivity index (χ4v) is 2.89. The van der Waals surface area contributed by atoms with Gasteiger partial charge in [0.05, 0.1) is 15.7 Å². The van der Waals surface area contributed by atoms with Crippen molar-refractivity contribution in [1.29, 1.82) is 0 Å². The van der Waals surface area contributed by atoms with E-state index in [9.17, 15) is 0 Å². The second kappa shape index (κ2) is 4.83. The third kappa shape index (κ3) is 2.84. The molecule has 2 heterocycles. The number of aromatic nitrogens is 2. The Kier molecular flexibility index (Phi) is 3.45. The molecule has 5 heteroatoms. The maximum absolute atomic E-state index is 4.43. The van der Waals surface area contributed by atoms with Crippen molar-refractivity contribution in [1.82, 2.24) is 15.3 Å². The van der Waals surface area contributed by atoms with Crippen molar-refractivity contribution >= 4 is 22.7 Å². The molecule has 0 atom stereocenters. The van der Waals surface area contributed by atoms with E-state index in [-0.39, 0.29) is 0 Å². The minimum Gasteiger partial charge on any atom is -0.315 e. The Labute approximate surface area is 97.2 Å². The van der Waals surface area contributed by atoms with Gasteiger partial charge in [0, 0.05) is 29.4 Å². The van der Waals surface area contributed by atoms with Gasteiger partial charge in [-0.1, -0.05) is 0 Å². The SMILES string of the molecule is CNCc1cnc(Cc2csc(C)n2)s1. The molecular formula is C10H13N3S2. The summed E-state index contributed by atoms with van der Waals surface area (Å²) in [6.07, 6.45) is 2.80. The summed E-state index contributed by atoms with van der Waals surface area (Å²) in [5.41, 5.74) is 1.13. The largest absolute Gasteiger partial charge is 0.315 e. The lowest BCUT2D eigenvalue weighted by Gasteiger charge is -1.91. The molecule has 3 nitrogen and oxygen atoms in total. The highest BCUT2D eigenvalue weighted by Crippen LogP contribution is 2.17. The minimum atomic E-state index is 0.860. The molecule has 80 valence electrons. The maximum Gasteiger partial charge on any atom is 0.0988 e. The zero-order valence-corrected chi connectivity index (χ0v) is 10.4. The van der Waals surface area contributed by atoms with Crippen LogP contribution in [0.5, 0.6) is 0 Å². The molecule has 0 aliphatic carbocycles. The number of nitrogens with one attached hydrogen (secondary N) is 1. The van der Waals surface area contributed by atoms with Gasteiger partial charge in [0.15, 0.2) is 0 Å². The fraction of sp³-hybridized carbons (Fsp3) is 0.400. The van der Waals surface area contributed by atoms with E-state index in [0.29, 0.717) is 0 Å². The first-order valence-electron chi connectivity index (χ1n) is 4.77. The first-order valence-corrected chi connectivity index (χ1v) is 6.46. The van der Waals surface area contributed by atoms with E-state index in [1.807, 2.05) is 20.2 Å². The zero-order valence-electron chi connectivity index (χ0n) is 8.78. The highest BCUT2D eigenvalue weighted by atomic mass is 32.1. The van der Waals surface area contributed by atoms with Crippen molar-refractivity contribution in [3.63, 3.8) is 0 Å². The predicted octanol–water partition coefficient (Wildman–Crippen LogP) is 2.22. The normalized spacial score (nSPS) is 10.8. The van der Waals surface area contributed by atoms with Gasteiger partial charge in [0.25, 0.3) is 0 Å². The fourth-order valence-electron chi connectivity index (χ4n) is 1.33. The smallest absolute Gasteiger partial charge is 0.0988 e. The second-order valence-corrected chi connectivity index (χ2v) is 5.55. The number of nitrogens with zero attached hydrogens (tertiary/aromatic N) is 2. The van der Waals surface area contributed by atoms with Crippen molar-refractivity contribution in [2.75, 3.05) is 7.05 Å². The highest BCUT2D eigenvalue weighted by molar-refractivity contribution is 7.11. The third-order valence-corrected chi connectivity index (χ3v) is 3.77. The van der Waals surface area contributed by atoms with E-state index in [0.717, 1.165) is 28.7 Å². The van der Waals surface area contributed by atoms with Crippen LogP contribution in [0.1, 0.15) is 20.6 Å². The molecule has 0 fully saturated rings. The molecule has 2 rings (SSSR count). The maximum atomic E-state index is 4.43. The van der Waals surface area contributed by atoms with E-state index >= 15 is 0 Å². The molecule has 0 aliphatic rings. The molecule has 0 amide bonds. The Morgan fingerprint density at radius 2 is 2.33 bits per heavy atom. The monoisotopic (exact) mass is 239 g/mol. The molecule has 0 spiro atoms. The van der Waals surface area contributed by atoms with Gasteiger partial charge in [-0.3, -0.25) is 0 Å². The van der Waals surface area contributed by atoms with Crippen LogP contribution in [0.25, 0.3) is 0 Å². The van der Waals surface area contributed by atoms with Crippen LogP contribution in [0, 0.1) is 6.92 Å². The zero-order chi connectivity index (χ0) is 10.7. The van der Waals surface area contributed by atoms with Crippen LogP contribution in [-0.4, -0.2) is 17.0 Å². The summed E-state index contributed by atoms with van der Waals surface area (Å²) in [5, 5.41) is 7.49. The number of hydrogen-bond donors (Lipinski definition) is 1. The molecule has 1 N–H and O–H groups in total. The average Bonchev–Trinajstić information content (AvgIpc) is 2.78. The summed E-state index contributed by atoms with van der Waals surface area (Å²) < 4.78 is 0. The van der Waals surface area contributed by atoms with E-state index < -0.39 is 0 Å². The van der Waals surface area contributed by atoms with E-state index in [1.54, 1.807) is 22.7 Å². The predicted molar refractivity (Wildman–Crippen MR) is 64.5 cm³/mol. The van der Waals surface area contributed by atoms with Gasteiger partial charge in [-0.2, -0.15) is 0 Å². The number of hydrogen-bond acceptors (Lipinski definition) is 5. The van der Waals surface area contributed by atoms with Gasteiger partial charge in [-0.25, -0.2) is 9.97 Å². The van der Waals surface area contributed by atoms with E-state index in [1.165, 1.54) is 4.88 Å². The summed E-state index contributed by atoms with van der Waals surface area (Å²) in [6.45, 7) is 2.93. The Morgan fingerprint density at radius 3 is 3.00 bits per heavy atom. The van der Waals surface area contributed by atoms with Crippen LogP contribution in [0.2, 0.25) is 0 Å². The van der Waals surface area contributed by atoms with Crippen molar-refractivity contribution in [3.05, 3.63) is 32.2 Å². The van der Waals surface area contributed by atoms with Crippen LogP contribution in [0.3, 0.4) is 0 Å². The Bertz CT molecular complexity index is 433. The molecule has 0 radical (unpaired) electrons. The summed E-state index contributed by atoms with van der Waals surface area (Å²) in [5.74, 6) is 0. The lowest BCUT2D eigenvalue weighted by Crippen LogP contribution is -2.02. The topological polar surface area (TPSA) is 37.8 Å². The van der Waals surface area contributed by atoms with Gasteiger partial charge in [-0.05, 0) is 14.0 Å². The van der Waals surface area contributed by atoms with Crippen molar-refractivity contribution in [3.8, 4) is 0 Å². The summed E-state index contributed by atoms with van der Waals surface area (Å²) in [6, 6.07) is 0. The van der Waals surface area contributed by atoms with Gasteiger partial charge < -0.3 is 5.32 Å². The quantitative estimate of drug-likeness (QED) is 0.889. The number of aryl methyl sites for hydroxylation is 1. The molecule has 0 aliphatic heterocycles. The van der Waals surface area contributed by atoms with Crippen molar-refractivity contribution in [2.24, 2.45) is 0 Å². The highest BCUT2D eigenvalue weighted by Gasteiger charge is 2.04. The molecule has 2 aromatic rings. The van der Waals surface area contributed by atoms with E-state index in [2.05, 4.69) is 20.7 Å². The van der Waals surface area contributed by atoms with Crippen LogP contribution >= 0.6 is 22.7 Å². The lowest BCUT2D eigenvalue weighted by molar-refractivity contribution is 0.829. The summed E-state index contributed by atoms with van der Waals surface area (Å²) in [7, 11) is 1.95. The molecule has 0 saturated heterocycles. The molecular weight excluding hydrogens is 226 g/mol. The number of thiazole rings is 2. The molecule has 0 aromatic carbocycles. The van der Waals surface area contributed by atoms with Crippen molar-refractivity contribution < 1.29 is 0 Å². The lowest BCUT2D eigenvalue weighted by atomic mass is 10.3. The van der Waals surface area contributed by atoms with Crippen LogP contribution in [0.15, 0.2) is 11.6 Å². The molecule has 15 heavy (non-hydrogen) atoms. The van der Waals surface area contributed by atoms with Gasteiger partial charge >= 0.3 is 0 Å². The van der Waals surface area contributed by atoms with Crippen molar-refractivity contribution in [2.45, 2.75) is 19.9 Å². The molecule has 0 unspecified atom stereocenters. The molecule has 0 bridgehead atoms. The number of rotatable bonds is 4. The Morgan fingerprint density at radius 1 is 1.47 bits per heavy atom. The van der Waals surface area contributed by atoms with Crippen LogP contribution in [-0.2, 0) is 13.0 Å². The van der Waals surface area contributed by atoms with Crippen LogP contribution < -0.4 is 5.32 Å². The minimum absolute atomic E-state index is 0.860. The Hall–Kier alpha value is -0.780. The van der Waals surface area contributed by atoms with Gasteiger partial charge in [0.1, 0.15) is 0 Å². The Balaban J connectivity index is 2.04. The van der Waals surface area contributed by atoms with Gasteiger partial charge in [-0.15, -0.1) is 22.7 Å². The van der Waals surface area contributed by atoms with E-state index in [4.69, 9.17) is 0 Å². The van der Waals surface area contributed by atoms with Gasteiger partial charge in [0.2, 0.25) is 0 Å². The standard InChI is InChI=1S/C10H13N3S2/c1-7-13-8(6-14-7)3-10-12-5-9(15-10)4-11-2/h5-6,11H,3-4H2,1-2H3. The second-order valence-electron chi connectivity index (χ2n) is 3.29. The first kappa shape index (κ1) is 10.7. The average molecular weight is 239 g/mol. The van der Waals surface area contributed by atoms with Crippen LogP contribution in [0.4, 0.5) is 0 Å². The first-order chi connectivity index (χ1) is 7.28. The summed E-state index contributed by atoms with van der Waals surface area (Å²) in [4.78, 5) is 10.1. The molecule has 2 aromatic heterocycles. The third-order valence-electron chi connectivity index (χ3n) is 1.95. The summed E-state index contributed by atoms with van der Waals surface area (Å²) >= 11 is 3.45.